The first-order valence-corrected chi connectivity index (χ1v) is 10.0. The van der Waals surface area contributed by atoms with Crippen LogP contribution in [0.4, 0.5) is 11.4 Å². The minimum absolute atomic E-state index is 0.0602. The van der Waals surface area contributed by atoms with Gasteiger partial charge in [0.25, 0.3) is 11.6 Å². The van der Waals surface area contributed by atoms with Gasteiger partial charge < -0.3 is 10.0 Å². The van der Waals surface area contributed by atoms with E-state index >= 15 is 0 Å². The maximum Gasteiger partial charge on any atom is 0.335 e. The number of amides is 1. The number of nitrogens with zero attached hydrogens (tertiary/aromatic N) is 2. The van der Waals surface area contributed by atoms with Gasteiger partial charge in [0.1, 0.15) is 0 Å². The highest BCUT2D eigenvalue weighted by Gasteiger charge is 2.43. The van der Waals surface area contributed by atoms with Crippen LogP contribution in [0.25, 0.3) is 0 Å². The minimum Gasteiger partial charge on any atom is -0.478 e. The molecule has 1 aliphatic heterocycles. The second kappa shape index (κ2) is 7.74. The van der Waals surface area contributed by atoms with Gasteiger partial charge in [0.2, 0.25) is 0 Å². The average Bonchev–Trinajstić information content (AvgIpc) is 3.23. The standard InChI is InChI=1S/C23H22N2O5/c1-2-5-20-18-9-4-8-17(18)19-13-15(23(27)28)10-11-21(19)24(20)22(26)14-6-3-7-16(12-14)25(29)30/h3-4,6-8,10-13,17-18,20H,2,5,9H2,1H3,(H,27,28)/t17-,18-,20+/m0/s1. The fourth-order valence-electron chi connectivity index (χ4n) is 4.74. The van der Waals surface area contributed by atoms with E-state index in [1.54, 1.807) is 23.1 Å². The molecule has 0 aromatic heterocycles. The van der Waals surface area contributed by atoms with E-state index in [-0.39, 0.29) is 40.6 Å². The number of nitro groups is 1. The Hall–Kier alpha value is -3.48. The summed E-state index contributed by atoms with van der Waals surface area (Å²) in [4.78, 5) is 37.5. The third-order valence-corrected chi connectivity index (χ3v) is 6.04. The van der Waals surface area contributed by atoms with Crippen molar-refractivity contribution in [3.8, 4) is 0 Å². The Morgan fingerprint density at radius 2 is 2.00 bits per heavy atom. The van der Waals surface area contributed by atoms with Crippen LogP contribution in [-0.2, 0) is 0 Å². The predicted molar refractivity (Wildman–Crippen MR) is 112 cm³/mol. The smallest absolute Gasteiger partial charge is 0.335 e. The Morgan fingerprint density at radius 3 is 2.70 bits per heavy atom. The molecule has 7 nitrogen and oxygen atoms in total. The molecule has 30 heavy (non-hydrogen) atoms. The van der Waals surface area contributed by atoms with Gasteiger partial charge in [-0.25, -0.2) is 4.79 Å². The van der Waals surface area contributed by atoms with Gasteiger partial charge in [-0.1, -0.05) is 31.6 Å². The highest BCUT2D eigenvalue weighted by atomic mass is 16.6. The fourth-order valence-corrected chi connectivity index (χ4v) is 4.74. The molecule has 154 valence electrons. The summed E-state index contributed by atoms with van der Waals surface area (Å²) in [7, 11) is 0. The van der Waals surface area contributed by atoms with Gasteiger partial charge in [0, 0.05) is 35.3 Å². The Balaban J connectivity index is 1.85. The maximum atomic E-state index is 13.6. The number of hydrogen-bond acceptors (Lipinski definition) is 4. The van der Waals surface area contributed by atoms with Gasteiger partial charge in [-0.15, -0.1) is 0 Å². The van der Waals surface area contributed by atoms with Crippen molar-refractivity contribution >= 4 is 23.3 Å². The van der Waals surface area contributed by atoms with Crippen LogP contribution in [0.2, 0.25) is 0 Å². The van der Waals surface area contributed by atoms with Gasteiger partial charge in [-0.3, -0.25) is 14.9 Å². The molecule has 2 aromatic rings. The van der Waals surface area contributed by atoms with Gasteiger partial charge in [0.15, 0.2) is 0 Å². The van der Waals surface area contributed by atoms with Crippen molar-refractivity contribution in [3.05, 3.63) is 81.4 Å². The molecule has 2 aliphatic rings. The molecule has 1 aliphatic carbocycles. The van der Waals surface area contributed by atoms with E-state index in [1.165, 1.54) is 24.3 Å². The second-order valence-electron chi connectivity index (χ2n) is 7.77. The number of rotatable bonds is 5. The normalized spacial score (nSPS) is 21.8. The first-order chi connectivity index (χ1) is 14.4. The van der Waals surface area contributed by atoms with Crippen LogP contribution in [0.15, 0.2) is 54.6 Å². The van der Waals surface area contributed by atoms with Crippen LogP contribution in [-0.4, -0.2) is 27.9 Å². The summed E-state index contributed by atoms with van der Waals surface area (Å²) >= 11 is 0. The first kappa shape index (κ1) is 19.8. The van der Waals surface area contributed by atoms with Gasteiger partial charge in [-0.2, -0.15) is 0 Å². The average molecular weight is 406 g/mol. The summed E-state index contributed by atoms with van der Waals surface area (Å²) in [6.45, 7) is 2.07. The molecule has 1 heterocycles. The molecule has 0 spiro atoms. The number of carboxylic acids is 1. The highest BCUT2D eigenvalue weighted by molar-refractivity contribution is 6.08. The lowest BCUT2D eigenvalue weighted by Crippen LogP contribution is -2.49. The second-order valence-corrected chi connectivity index (χ2v) is 7.77. The van der Waals surface area contributed by atoms with Crippen LogP contribution in [0, 0.1) is 16.0 Å². The predicted octanol–water partition coefficient (Wildman–Crippen LogP) is 4.78. The molecule has 0 saturated heterocycles. The number of fused-ring (bicyclic) bond motifs is 3. The Bertz CT molecular complexity index is 1060. The summed E-state index contributed by atoms with van der Waals surface area (Å²) in [5, 5.41) is 20.6. The van der Waals surface area contributed by atoms with Crippen LogP contribution >= 0.6 is 0 Å². The van der Waals surface area contributed by atoms with Crippen molar-refractivity contribution in [1.29, 1.82) is 0 Å². The van der Waals surface area contributed by atoms with E-state index in [0.717, 1.165) is 24.8 Å². The van der Waals surface area contributed by atoms with Crippen molar-refractivity contribution in [2.45, 2.75) is 38.1 Å². The number of hydrogen-bond donors (Lipinski definition) is 1. The first-order valence-electron chi connectivity index (χ1n) is 10.0. The zero-order valence-electron chi connectivity index (χ0n) is 16.5. The molecule has 0 fully saturated rings. The number of carboxylic acid groups (broad SMARTS) is 1. The van der Waals surface area contributed by atoms with Gasteiger partial charge in [0.05, 0.1) is 10.5 Å². The largest absolute Gasteiger partial charge is 0.478 e. The number of nitro benzene ring substituents is 1. The number of anilines is 1. The Labute approximate surface area is 173 Å². The number of benzene rings is 2. The number of carbonyl (C=O) groups is 2. The summed E-state index contributed by atoms with van der Waals surface area (Å²) in [6, 6.07) is 10.6. The summed E-state index contributed by atoms with van der Waals surface area (Å²) < 4.78 is 0. The Morgan fingerprint density at radius 1 is 1.20 bits per heavy atom. The van der Waals surface area contributed by atoms with E-state index < -0.39 is 10.9 Å². The molecular weight excluding hydrogens is 384 g/mol. The van der Waals surface area contributed by atoms with Crippen molar-refractivity contribution < 1.29 is 19.6 Å². The summed E-state index contributed by atoms with van der Waals surface area (Å²) in [5.41, 5.74) is 1.81. The lowest BCUT2D eigenvalue weighted by Gasteiger charge is -2.44. The number of carbonyl (C=O) groups excluding carboxylic acids is 1. The number of allylic oxidation sites excluding steroid dienone is 2. The van der Waals surface area contributed by atoms with Crippen molar-refractivity contribution in [2.24, 2.45) is 5.92 Å². The molecular formula is C23H22N2O5. The lowest BCUT2D eigenvalue weighted by molar-refractivity contribution is -0.384. The van der Waals surface area contributed by atoms with Crippen LogP contribution < -0.4 is 4.90 Å². The zero-order valence-corrected chi connectivity index (χ0v) is 16.5. The van der Waals surface area contributed by atoms with E-state index in [4.69, 9.17) is 0 Å². The van der Waals surface area contributed by atoms with Crippen molar-refractivity contribution in [2.75, 3.05) is 4.90 Å². The Kier molecular flexibility index (Phi) is 5.11. The molecule has 7 heteroatoms. The fraction of sp³-hybridized carbons (Fsp3) is 0.304. The third-order valence-electron chi connectivity index (χ3n) is 6.04. The number of non-ortho nitro benzene ring substituents is 1. The lowest BCUT2D eigenvalue weighted by atomic mass is 9.76. The molecule has 3 atom stereocenters. The quantitative estimate of drug-likeness (QED) is 0.437. The maximum absolute atomic E-state index is 13.6. The molecule has 4 rings (SSSR count). The van der Waals surface area contributed by atoms with E-state index in [9.17, 15) is 24.8 Å². The topological polar surface area (TPSA) is 101 Å². The monoisotopic (exact) mass is 406 g/mol. The van der Waals surface area contributed by atoms with Crippen LogP contribution in [0.3, 0.4) is 0 Å². The van der Waals surface area contributed by atoms with Crippen molar-refractivity contribution in [1.82, 2.24) is 0 Å². The van der Waals surface area contributed by atoms with Gasteiger partial charge in [-0.05, 0) is 48.6 Å². The highest BCUT2D eigenvalue weighted by Crippen LogP contribution is 2.49. The molecule has 0 saturated carbocycles. The molecule has 0 unspecified atom stereocenters. The van der Waals surface area contributed by atoms with Crippen molar-refractivity contribution in [3.63, 3.8) is 0 Å². The molecule has 0 radical (unpaired) electrons. The molecule has 1 amide bonds. The molecule has 0 bridgehead atoms. The minimum atomic E-state index is -1.01. The van der Waals surface area contributed by atoms with E-state index in [1.807, 2.05) is 0 Å². The summed E-state index contributed by atoms with van der Waals surface area (Å²) in [6.07, 6.45) is 6.69. The molecule has 1 N–H and O–H groups in total. The van der Waals surface area contributed by atoms with E-state index in [2.05, 4.69) is 19.1 Å². The number of aromatic carboxylic acids is 1. The zero-order chi connectivity index (χ0) is 21.4. The summed E-state index contributed by atoms with van der Waals surface area (Å²) in [5.74, 6) is -1.09. The van der Waals surface area contributed by atoms with Crippen LogP contribution in [0.5, 0.6) is 0 Å². The SMILES string of the molecule is CCC[C@@H]1[C@H]2CC=C[C@@H]2c2cc(C(=O)O)ccc2N1C(=O)c1cccc([N+](=O)[O-])c1. The molecule has 2 aromatic carbocycles. The van der Waals surface area contributed by atoms with E-state index in [0.29, 0.717) is 5.69 Å². The third kappa shape index (κ3) is 3.26. The van der Waals surface area contributed by atoms with Gasteiger partial charge >= 0.3 is 5.97 Å². The van der Waals surface area contributed by atoms with Crippen LogP contribution in [0.1, 0.15) is 58.4 Å².